The predicted octanol–water partition coefficient (Wildman–Crippen LogP) is 5.02. The van der Waals surface area contributed by atoms with Gasteiger partial charge in [0.05, 0.1) is 0 Å². The first-order chi connectivity index (χ1) is 8.30. The summed E-state index contributed by atoms with van der Waals surface area (Å²) in [5, 5.41) is 6.31. The van der Waals surface area contributed by atoms with E-state index < -0.39 is 0 Å². The molecule has 0 spiro atoms. The van der Waals surface area contributed by atoms with Gasteiger partial charge in [-0.05, 0) is 34.4 Å². The summed E-state index contributed by atoms with van der Waals surface area (Å²) in [6.07, 6.45) is 1.07. The Bertz CT molecular complexity index is 433. The number of alkyl halides is 2. The van der Waals surface area contributed by atoms with Crippen molar-refractivity contribution in [2.45, 2.75) is 11.8 Å². The molecule has 0 nitrogen and oxygen atoms in total. The molecular weight excluding hydrogens is 360 g/mol. The van der Waals surface area contributed by atoms with Crippen molar-refractivity contribution in [3.05, 3.63) is 58.3 Å². The van der Waals surface area contributed by atoms with E-state index in [4.69, 9.17) is 0 Å². The first-order valence-electron chi connectivity index (χ1n) is 5.49. The molecule has 0 fully saturated rings. The first-order valence-corrected chi connectivity index (χ1v) is 8.68. The van der Waals surface area contributed by atoms with Crippen LogP contribution in [0.25, 0.3) is 0 Å². The van der Waals surface area contributed by atoms with Gasteiger partial charge < -0.3 is 0 Å². The van der Waals surface area contributed by atoms with Crippen molar-refractivity contribution in [2.75, 3.05) is 10.7 Å². The molecule has 0 aliphatic heterocycles. The topological polar surface area (TPSA) is 0 Å². The summed E-state index contributed by atoms with van der Waals surface area (Å²) in [5.74, 6) is 0. The Morgan fingerprint density at radius 2 is 1.71 bits per heavy atom. The van der Waals surface area contributed by atoms with Gasteiger partial charge in [0, 0.05) is 16.1 Å². The summed E-state index contributed by atoms with van der Waals surface area (Å²) >= 11 is 9.14. The average Bonchev–Trinajstić information content (AvgIpc) is 2.90. The fourth-order valence-corrected chi connectivity index (χ4v) is 4.60. The van der Waals surface area contributed by atoms with Gasteiger partial charge in [-0.1, -0.05) is 62.2 Å². The van der Waals surface area contributed by atoms with Crippen molar-refractivity contribution in [1.29, 1.82) is 0 Å². The Morgan fingerprint density at radius 1 is 1.00 bits per heavy atom. The van der Waals surface area contributed by atoms with E-state index in [0.717, 1.165) is 17.1 Å². The number of hydrogen-bond donors (Lipinski definition) is 0. The van der Waals surface area contributed by atoms with E-state index >= 15 is 0 Å². The monoisotopic (exact) mass is 372 g/mol. The van der Waals surface area contributed by atoms with Gasteiger partial charge in [-0.3, -0.25) is 0 Å². The zero-order valence-electron chi connectivity index (χ0n) is 9.40. The van der Waals surface area contributed by atoms with Crippen molar-refractivity contribution < 1.29 is 0 Å². The van der Waals surface area contributed by atoms with Crippen LogP contribution in [-0.2, 0) is 11.8 Å². The summed E-state index contributed by atoms with van der Waals surface area (Å²) in [5.41, 5.74) is 2.94. The van der Waals surface area contributed by atoms with Crippen molar-refractivity contribution in [3.8, 4) is 0 Å². The molecule has 1 aromatic heterocycles. The highest BCUT2D eigenvalue weighted by Gasteiger charge is 2.30. The zero-order valence-corrected chi connectivity index (χ0v) is 13.4. The van der Waals surface area contributed by atoms with Gasteiger partial charge in [-0.2, -0.15) is 11.3 Å². The Labute approximate surface area is 123 Å². The van der Waals surface area contributed by atoms with Gasteiger partial charge in [0.1, 0.15) is 0 Å². The lowest BCUT2D eigenvalue weighted by atomic mass is 9.80. The minimum absolute atomic E-state index is 0.141. The van der Waals surface area contributed by atoms with Crippen LogP contribution in [-0.4, -0.2) is 10.7 Å². The maximum atomic E-state index is 3.69. The van der Waals surface area contributed by atoms with E-state index in [2.05, 4.69) is 79.0 Å². The molecule has 0 unspecified atom stereocenters. The summed E-state index contributed by atoms with van der Waals surface area (Å²) in [4.78, 5) is 0. The quantitative estimate of drug-likeness (QED) is 0.645. The molecule has 0 saturated carbocycles. The lowest BCUT2D eigenvalue weighted by molar-refractivity contribution is 0.552. The third kappa shape index (κ3) is 3.01. The van der Waals surface area contributed by atoms with Crippen LogP contribution in [0.15, 0.2) is 47.2 Å². The smallest absolute Gasteiger partial charge is 0.0187 e. The van der Waals surface area contributed by atoms with Crippen LogP contribution in [0.1, 0.15) is 11.1 Å². The molecule has 3 heteroatoms. The minimum atomic E-state index is 0.141. The van der Waals surface area contributed by atoms with Crippen LogP contribution in [0.5, 0.6) is 0 Å². The summed E-state index contributed by atoms with van der Waals surface area (Å²) in [6, 6.07) is 12.9. The largest absolute Gasteiger partial charge is 0.152 e. The number of benzene rings is 1. The van der Waals surface area contributed by atoms with E-state index in [1.165, 1.54) is 11.1 Å². The molecular formula is C14H14Br2S. The molecule has 0 aliphatic rings. The van der Waals surface area contributed by atoms with Crippen LogP contribution in [0.2, 0.25) is 0 Å². The number of rotatable bonds is 5. The molecule has 2 rings (SSSR count). The minimum Gasteiger partial charge on any atom is -0.152 e. The Balaban J connectivity index is 2.32. The van der Waals surface area contributed by atoms with Crippen LogP contribution >= 0.6 is 43.2 Å². The third-order valence-corrected chi connectivity index (χ3v) is 5.90. The van der Waals surface area contributed by atoms with Gasteiger partial charge in [0.2, 0.25) is 0 Å². The van der Waals surface area contributed by atoms with Gasteiger partial charge in [0.15, 0.2) is 0 Å². The van der Waals surface area contributed by atoms with Crippen molar-refractivity contribution in [1.82, 2.24) is 0 Å². The second-order valence-electron chi connectivity index (χ2n) is 4.22. The molecule has 0 N–H and O–H groups in total. The lowest BCUT2D eigenvalue weighted by Crippen LogP contribution is -2.32. The molecule has 0 amide bonds. The van der Waals surface area contributed by atoms with Gasteiger partial charge in [-0.25, -0.2) is 0 Å². The van der Waals surface area contributed by atoms with E-state index in [1.807, 2.05) is 0 Å². The average molecular weight is 374 g/mol. The Hall–Kier alpha value is -0.120. The SMILES string of the molecule is BrCC(CBr)(Cc1ccsc1)c1ccccc1. The molecule has 0 atom stereocenters. The molecule has 17 heavy (non-hydrogen) atoms. The number of hydrogen-bond acceptors (Lipinski definition) is 1. The zero-order chi connectivity index (χ0) is 12.1. The molecule has 2 aromatic rings. The summed E-state index contributed by atoms with van der Waals surface area (Å²) in [6.45, 7) is 0. The molecule has 0 radical (unpaired) electrons. The molecule has 90 valence electrons. The van der Waals surface area contributed by atoms with Gasteiger partial charge in [0.25, 0.3) is 0 Å². The molecule has 0 aliphatic carbocycles. The van der Waals surface area contributed by atoms with E-state index in [9.17, 15) is 0 Å². The van der Waals surface area contributed by atoms with Crippen LogP contribution < -0.4 is 0 Å². The predicted molar refractivity (Wildman–Crippen MR) is 83.7 cm³/mol. The molecule has 0 bridgehead atoms. The summed E-state index contributed by atoms with van der Waals surface area (Å²) < 4.78 is 0. The van der Waals surface area contributed by atoms with Crippen molar-refractivity contribution in [2.24, 2.45) is 0 Å². The van der Waals surface area contributed by atoms with Crippen molar-refractivity contribution in [3.63, 3.8) is 0 Å². The maximum absolute atomic E-state index is 3.69. The second kappa shape index (κ2) is 6.17. The van der Waals surface area contributed by atoms with Crippen LogP contribution in [0.3, 0.4) is 0 Å². The standard InChI is InChI=1S/C14H14Br2S/c15-10-14(11-16,8-12-6-7-17-9-12)13-4-2-1-3-5-13/h1-7,9H,8,10-11H2. The van der Waals surface area contributed by atoms with Crippen LogP contribution in [0, 0.1) is 0 Å². The summed E-state index contributed by atoms with van der Waals surface area (Å²) in [7, 11) is 0. The highest BCUT2D eigenvalue weighted by molar-refractivity contribution is 9.09. The second-order valence-corrected chi connectivity index (χ2v) is 6.12. The third-order valence-electron chi connectivity index (χ3n) is 3.02. The molecule has 0 saturated heterocycles. The maximum Gasteiger partial charge on any atom is 0.0187 e. The van der Waals surface area contributed by atoms with E-state index in [1.54, 1.807) is 11.3 Å². The van der Waals surface area contributed by atoms with Gasteiger partial charge in [-0.15, -0.1) is 0 Å². The highest BCUT2D eigenvalue weighted by atomic mass is 79.9. The Morgan fingerprint density at radius 3 is 2.24 bits per heavy atom. The van der Waals surface area contributed by atoms with Crippen LogP contribution in [0.4, 0.5) is 0 Å². The van der Waals surface area contributed by atoms with E-state index in [-0.39, 0.29) is 5.41 Å². The molecule has 1 heterocycles. The highest BCUT2D eigenvalue weighted by Crippen LogP contribution is 2.33. The fourth-order valence-electron chi connectivity index (χ4n) is 1.96. The lowest BCUT2D eigenvalue weighted by Gasteiger charge is -2.30. The normalized spacial score (nSPS) is 11.6. The first kappa shape index (κ1) is 13.3. The molecule has 1 aromatic carbocycles. The fraction of sp³-hybridized carbons (Fsp3) is 0.286. The number of thiophene rings is 1. The number of halogens is 2. The Kier molecular flexibility index (Phi) is 4.83. The van der Waals surface area contributed by atoms with E-state index in [0.29, 0.717) is 0 Å². The van der Waals surface area contributed by atoms with Gasteiger partial charge >= 0.3 is 0 Å². The van der Waals surface area contributed by atoms with Crippen molar-refractivity contribution >= 4 is 43.2 Å².